The number of fused-ring (bicyclic) bond motifs is 4. The fraction of sp³-hybridized carbons (Fsp3) is 0.526. The fourth-order valence-corrected chi connectivity index (χ4v) is 4.34. The highest BCUT2D eigenvalue weighted by Gasteiger charge is 2.42. The summed E-state index contributed by atoms with van der Waals surface area (Å²) in [6.07, 6.45) is 5.51. The molecule has 1 saturated heterocycles. The highest BCUT2D eigenvalue weighted by Crippen LogP contribution is 2.39. The molecule has 3 atom stereocenters. The molecule has 2 aromatic heterocycles. The molecule has 0 spiro atoms. The molecule has 1 N–H and O–H groups in total. The molecule has 8 heteroatoms. The topological polar surface area (TPSA) is 72.2 Å². The van der Waals surface area contributed by atoms with Gasteiger partial charge in [0.15, 0.2) is 0 Å². The molecule has 2 bridgehead atoms. The maximum Gasteiger partial charge on any atom is 0.251 e. The minimum atomic E-state index is -0.415. The first-order chi connectivity index (χ1) is 12.5. The van der Waals surface area contributed by atoms with Gasteiger partial charge in [-0.1, -0.05) is 6.07 Å². The van der Waals surface area contributed by atoms with E-state index in [2.05, 4.69) is 10.4 Å². The van der Waals surface area contributed by atoms with Crippen molar-refractivity contribution >= 4 is 18.3 Å². The van der Waals surface area contributed by atoms with Gasteiger partial charge in [0, 0.05) is 63.5 Å². The van der Waals surface area contributed by atoms with Crippen LogP contribution in [0.1, 0.15) is 29.6 Å². The SMILES string of the molecule is CN(CCc1cnn(C)c1)C(=O)[C@H]1[C@@H]2CNC[C@@H](C2)c2cccc(=O)n21.Cl. The predicted molar refractivity (Wildman–Crippen MR) is 105 cm³/mol. The van der Waals surface area contributed by atoms with Gasteiger partial charge in [-0.05, 0) is 24.5 Å². The minimum absolute atomic E-state index is 0. The monoisotopic (exact) mass is 391 g/mol. The molecule has 1 amide bonds. The average Bonchev–Trinajstić information content (AvgIpc) is 3.06. The fourth-order valence-electron chi connectivity index (χ4n) is 4.34. The number of hydrogen-bond acceptors (Lipinski definition) is 4. The lowest BCUT2D eigenvalue weighted by molar-refractivity contribution is -0.136. The number of aryl methyl sites for hydroxylation is 1. The third-order valence-electron chi connectivity index (χ3n) is 5.67. The van der Waals surface area contributed by atoms with Crippen molar-refractivity contribution in [2.45, 2.75) is 24.8 Å². The second-order valence-corrected chi connectivity index (χ2v) is 7.49. The van der Waals surface area contributed by atoms with Crippen molar-refractivity contribution in [3.05, 3.63) is 52.2 Å². The van der Waals surface area contributed by atoms with E-state index in [1.165, 1.54) is 0 Å². The zero-order valence-corrected chi connectivity index (χ0v) is 16.5. The number of likely N-dealkylation sites (N-methyl/N-ethyl adjacent to an activating group) is 1. The van der Waals surface area contributed by atoms with E-state index in [-0.39, 0.29) is 29.8 Å². The van der Waals surface area contributed by atoms with Gasteiger partial charge in [-0.3, -0.25) is 18.8 Å². The van der Waals surface area contributed by atoms with Gasteiger partial charge in [-0.2, -0.15) is 5.10 Å². The van der Waals surface area contributed by atoms with Crippen LogP contribution in [0.5, 0.6) is 0 Å². The summed E-state index contributed by atoms with van der Waals surface area (Å²) in [6.45, 7) is 2.27. The zero-order chi connectivity index (χ0) is 18.3. The molecule has 7 nitrogen and oxygen atoms in total. The molecule has 2 aromatic rings. The van der Waals surface area contributed by atoms with Crippen molar-refractivity contribution in [2.75, 3.05) is 26.7 Å². The lowest BCUT2D eigenvalue weighted by Gasteiger charge is -2.43. The van der Waals surface area contributed by atoms with Crippen LogP contribution in [0.15, 0.2) is 35.4 Å². The second kappa shape index (κ2) is 7.86. The lowest BCUT2D eigenvalue weighted by atomic mass is 9.79. The summed E-state index contributed by atoms with van der Waals surface area (Å²) < 4.78 is 3.52. The van der Waals surface area contributed by atoms with Gasteiger partial charge in [-0.25, -0.2) is 0 Å². The van der Waals surface area contributed by atoms with Gasteiger partial charge in [0.25, 0.3) is 5.56 Å². The third-order valence-corrected chi connectivity index (χ3v) is 5.67. The molecule has 0 unspecified atom stereocenters. The van der Waals surface area contributed by atoms with Crippen molar-refractivity contribution in [3.63, 3.8) is 0 Å². The summed E-state index contributed by atoms with van der Waals surface area (Å²) in [5.41, 5.74) is 2.02. The first-order valence-corrected chi connectivity index (χ1v) is 9.19. The molecule has 4 rings (SSSR count). The van der Waals surface area contributed by atoms with Gasteiger partial charge in [-0.15, -0.1) is 12.4 Å². The molecule has 2 aliphatic rings. The molecule has 0 radical (unpaired) electrons. The van der Waals surface area contributed by atoms with E-state index in [1.54, 1.807) is 26.3 Å². The van der Waals surface area contributed by atoms with E-state index in [0.29, 0.717) is 12.5 Å². The van der Waals surface area contributed by atoms with Gasteiger partial charge in [0.2, 0.25) is 5.91 Å². The Kier molecular flexibility index (Phi) is 5.72. The van der Waals surface area contributed by atoms with Crippen molar-refractivity contribution < 1.29 is 4.79 Å². The normalized spacial score (nSPS) is 23.3. The van der Waals surface area contributed by atoms with Crippen LogP contribution in [0, 0.1) is 5.92 Å². The summed E-state index contributed by atoms with van der Waals surface area (Å²) in [4.78, 5) is 27.6. The number of nitrogens with zero attached hydrogens (tertiary/aromatic N) is 4. The summed E-state index contributed by atoms with van der Waals surface area (Å²) >= 11 is 0. The number of amides is 1. The number of rotatable bonds is 4. The number of carbonyl (C=O) groups excluding carboxylic acids is 1. The summed E-state index contributed by atoms with van der Waals surface area (Å²) in [5, 5.41) is 7.61. The van der Waals surface area contributed by atoms with Crippen LogP contribution >= 0.6 is 12.4 Å². The maximum absolute atomic E-state index is 13.3. The Labute approximate surface area is 164 Å². The van der Waals surface area contributed by atoms with Crippen LogP contribution in [0.3, 0.4) is 0 Å². The van der Waals surface area contributed by atoms with Crippen LogP contribution in [-0.4, -0.2) is 51.8 Å². The Morgan fingerprint density at radius 3 is 2.93 bits per heavy atom. The number of carbonyl (C=O) groups is 1. The Balaban J connectivity index is 0.00000210. The molecule has 0 aromatic carbocycles. The number of nitrogens with one attached hydrogen (secondary N) is 1. The largest absolute Gasteiger partial charge is 0.344 e. The van der Waals surface area contributed by atoms with E-state index in [1.807, 2.05) is 32.6 Å². The Hall–Kier alpha value is -2.12. The number of aromatic nitrogens is 3. The van der Waals surface area contributed by atoms with Gasteiger partial charge in [0.05, 0.1) is 6.20 Å². The molecule has 0 aliphatic carbocycles. The quantitative estimate of drug-likeness (QED) is 0.842. The van der Waals surface area contributed by atoms with Crippen molar-refractivity contribution in [3.8, 4) is 0 Å². The second-order valence-electron chi connectivity index (χ2n) is 7.49. The first kappa shape index (κ1) is 19.6. The summed E-state index contributed by atoms with van der Waals surface area (Å²) in [5.74, 6) is 0.498. The Morgan fingerprint density at radius 2 is 2.19 bits per heavy atom. The van der Waals surface area contributed by atoms with Crippen LogP contribution in [0.4, 0.5) is 0 Å². The molecule has 0 saturated carbocycles. The standard InChI is InChI=1S/C19H25N5O2.ClH/c1-22(7-6-13-9-21-23(2)12-13)19(26)18-15-8-14(10-20-11-15)16-4-3-5-17(25)24(16)18;/h3-5,9,12,14-15,18,20H,6-8,10-11H2,1-2H3;1H/t14-,15+,18-;/m1./s1. The van der Waals surface area contributed by atoms with E-state index < -0.39 is 6.04 Å². The maximum atomic E-state index is 13.3. The number of piperidine rings is 1. The third kappa shape index (κ3) is 3.66. The Morgan fingerprint density at radius 1 is 1.37 bits per heavy atom. The Bertz CT molecular complexity index is 877. The van der Waals surface area contributed by atoms with Gasteiger partial charge in [0.1, 0.15) is 6.04 Å². The van der Waals surface area contributed by atoms with Crippen LogP contribution in [0.25, 0.3) is 0 Å². The molecule has 2 aliphatic heterocycles. The molecule has 27 heavy (non-hydrogen) atoms. The van der Waals surface area contributed by atoms with E-state index >= 15 is 0 Å². The molecule has 146 valence electrons. The number of pyridine rings is 1. The van der Waals surface area contributed by atoms with Crippen molar-refractivity contribution in [1.29, 1.82) is 0 Å². The zero-order valence-electron chi connectivity index (χ0n) is 15.7. The molecule has 4 heterocycles. The highest BCUT2D eigenvalue weighted by molar-refractivity contribution is 5.85. The van der Waals surface area contributed by atoms with E-state index in [4.69, 9.17) is 0 Å². The first-order valence-electron chi connectivity index (χ1n) is 9.19. The van der Waals surface area contributed by atoms with Gasteiger partial charge < -0.3 is 10.2 Å². The average molecular weight is 392 g/mol. The molecular formula is C19H26ClN5O2. The molecular weight excluding hydrogens is 366 g/mol. The highest BCUT2D eigenvalue weighted by atomic mass is 35.5. The summed E-state index contributed by atoms with van der Waals surface area (Å²) in [6, 6.07) is 4.94. The minimum Gasteiger partial charge on any atom is -0.344 e. The van der Waals surface area contributed by atoms with Crippen molar-refractivity contribution in [1.82, 2.24) is 24.6 Å². The van der Waals surface area contributed by atoms with Crippen LogP contribution in [0.2, 0.25) is 0 Å². The van der Waals surface area contributed by atoms with E-state index in [0.717, 1.165) is 37.2 Å². The van der Waals surface area contributed by atoms with Gasteiger partial charge >= 0.3 is 0 Å². The molecule has 1 fully saturated rings. The van der Waals surface area contributed by atoms with E-state index in [9.17, 15) is 9.59 Å². The van der Waals surface area contributed by atoms with Crippen molar-refractivity contribution in [2.24, 2.45) is 13.0 Å². The predicted octanol–water partition coefficient (Wildman–Crippen LogP) is 0.952. The van der Waals surface area contributed by atoms with Crippen LogP contribution in [-0.2, 0) is 18.3 Å². The van der Waals surface area contributed by atoms with Crippen LogP contribution < -0.4 is 10.9 Å². The smallest absolute Gasteiger partial charge is 0.251 e. The number of hydrogen-bond donors (Lipinski definition) is 1. The lowest BCUT2D eigenvalue weighted by Crippen LogP contribution is -2.52. The summed E-state index contributed by atoms with van der Waals surface area (Å²) in [7, 11) is 3.71. The number of halogens is 1.